The Labute approximate surface area is 142 Å². The van der Waals surface area contributed by atoms with Crippen LogP contribution in [-0.2, 0) is 14.3 Å². The molecule has 0 aliphatic heterocycles. The Morgan fingerprint density at radius 1 is 1.12 bits per heavy atom. The van der Waals surface area contributed by atoms with E-state index in [1.807, 2.05) is 0 Å². The largest absolute Gasteiger partial charge is 0.504 e. The molecule has 0 unspecified atom stereocenters. The van der Waals surface area contributed by atoms with Crippen LogP contribution in [0.2, 0.25) is 0 Å². The summed E-state index contributed by atoms with van der Waals surface area (Å²) in [5, 5.41) is 57.1. The van der Waals surface area contributed by atoms with Gasteiger partial charge in [0.1, 0.15) is 0 Å². The van der Waals surface area contributed by atoms with Crippen LogP contribution in [-0.4, -0.2) is 66.5 Å². The van der Waals surface area contributed by atoms with Crippen molar-refractivity contribution in [1.29, 1.82) is 0 Å². The number of ether oxygens (including phenoxy) is 1. The van der Waals surface area contributed by atoms with Crippen LogP contribution >= 0.6 is 0 Å². The first-order valence-electron chi connectivity index (χ1n) is 7.35. The average molecular weight is 354 g/mol. The number of carboxylic acids is 1. The van der Waals surface area contributed by atoms with Crippen LogP contribution in [0.15, 0.2) is 24.3 Å². The molecule has 6 N–H and O–H groups in total. The summed E-state index contributed by atoms with van der Waals surface area (Å²) in [6.07, 6.45) is -3.43. The van der Waals surface area contributed by atoms with E-state index in [1.165, 1.54) is 24.3 Å². The van der Waals surface area contributed by atoms with Crippen LogP contribution in [0.3, 0.4) is 0 Å². The predicted octanol–water partition coefficient (Wildman–Crippen LogP) is -0.646. The van der Waals surface area contributed by atoms with Crippen LogP contribution in [0.25, 0.3) is 6.08 Å². The SMILES string of the molecule is O=C(/C=C/c1ccc(O)c(O)c1)O[C@H]1[C@H](O)C[C@](O)(C(=O)O)C[C@H]1O. The van der Waals surface area contributed by atoms with Crippen molar-refractivity contribution in [2.75, 3.05) is 0 Å². The first-order valence-corrected chi connectivity index (χ1v) is 7.35. The molecule has 1 aromatic rings. The maximum Gasteiger partial charge on any atom is 0.335 e. The van der Waals surface area contributed by atoms with Gasteiger partial charge in [0.15, 0.2) is 23.2 Å². The van der Waals surface area contributed by atoms with Crippen molar-refractivity contribution < 1.29 is 45.0 Å². The quantitative estimate of drug-likeness (QED) is 0.234. The Balaban J connectivity index is 2.01. The molecule has 9 nitrogen and oxygen atoms in total. The fourth-order valence-corrected chi connectivity index (χ4v) is 2.58. The van der Waals surface area contributed by atoms with Crippen molar-refractivity contribution in [3.05, 3.63) is 29.8 Å². The summed E-state index contributed by atoms with van der Waals surface area (Å²) in [6, 6.07) is 3.86. The van der Waals surface area contributed by atoms with Gasteiger partial charge in [-0.25, -0.2) is 9.59 Å². The number of phenolic OH excluding ortho intramolecular Hbond substituents is 2. The number of aromatic hydroxyl groups is 2. The maximum atomic E-state index is 11.8. The lowest BCUT2D eigenvalue weighted by atomic mass is 9.79. The van der Waals surface area contributed by atoms with E-state index in [9.17, 15) is 35.1 Å². The van der Waals surface area contributed by atoms with E-state index in [-0.39, 0.29) is 11.5 Å². The first kappa shape index (κ1) is 18.7. The number of hydrogen-bond donors (Lipinski definition) is 6. The fraction of sp³-hybridized carbons (Fsp3) is 0.375. The second-order valence-corrected chi connectivity index (χ2v) is 5.86. The summed E-state index contributed by atoms with van der Waals surface area (Å²) in [4.78, 5) is 22.8. The van der Waals surface area contributed by atoms with Gasteiger partial charge in [0.2, 0.25) is 0 Å². The van der Waals surface area contributed by atoms with Crippen molar-refractivity contribution in [2.45, 2.75) is 36.8 Å². The summed E-state index contributed by atoms with van der Waals surface area (Å²) in [6.45, 7) is 0. The lowest BCUT2D eigenvalue weighted by molar-refractivity contribution is -0.196. The summed E-state index contributed by atoms with van der Waals surface area (Å²) in [5.74, 6) is -3.19. The van der Waals surface area contributed by atoms with Gasteiger partial charge in [0.05, 0.1) is 12.2 Å². The molecule has 0 aromatic heterocycles. The van der Waals surface area contributed by atoms with Crippen molar-refractivity contribution in [3.8, 4) is 11.5 Å². The van der Waals surface area contributed by atoms with Gasteiger partial charge in [-0.2, -0.15) is 0 Å². The average Bonchev–Trinajstić information content (AvgIpc) is 2.52. The van der Waals surface area contributed by atoms with Crippen molar-refractivity contribution in [1.82, 2.24) is 0 Å². The van der Waals surface area contributed by atoms with Gasteiger partial charge in [-0.05, 0) is 23.8 Å². The number of esters is 1. The Hall–Kier alpha value is -2.62. The van der Waals surface area contributed by atoms with Gasteiger partial charge in [0.25, 0.3) is 0 Å². The third-order valence-corrected chi connectivity index (χ3v) is 3.91. The highest BCUT2D eigenvalue weighted by Gasteiger charge is 2.50. The number of carbonyl (C=O) groups is 2. The van der Waals surface area contributed by atoms with Crippen LogP contribution in [0.5, 0.6) is 11.5 Å². The van der Waals surface area contributed by atoms with Crippen LogP contribution in [0, 0.1) is 0 Å². The highest BCUT2D eigenvalue weighted by molar-refractivity contribution is 5.87. The van der Waals surface area contributed by atoms with Crippen LogP contribution in [0.1, 0.15) is 18.4 Å². The summed E-state index contributed by atoms with van der Waals surface area (Å²) in [5.41, 5.74) is -1.90. The molecule has 0 saturated heterocycles. The maximum absolute atomic E-state index is 11.8. The van der Waals surface area contributed by atoms with Gasteiger partial charge < -0.3 is 35.4 Å². The highest BCUT2D eigenvalue weighted by Crippen LogP contribution is 2.31. The number of carbonyl (C=O) groups excluding carboxylic acids is 1. The predicted molar refractivity (Wildman–Crippen MR) is 82.5 cm³/mol. The number of aliphatic hydroxyl groups is 3. The van der Waals surface area contributed by atoms with E-state index in [1.54, 1.807) is 0 Å². The normalized spacial score (nSPS) is 29.5. The lowest BCUT2D eigenvalue weighted by Gasteiger charge is -2.39. The van der Waals surface area contributed by atoms with Crippen molar-refractivity contribution in [3.63, 3.8) is 0 Å². The van der Waals surface area contributed by atoms with Gasteiger partial charge in [-0.1, -0.05) is 6.07 Å². The van der Waals surface area contributed by atoms with E-state index in [0.717, 1.165) is 6.08 Å². The first-order chi connectivity index (χ1) is 11.6. The zero-order valence-electron chi connectivity index (χ0n) is 12.9. The molecule has 0 spiro atoms. The molecule has 2 rings (SSSR count). The smallest absolute Gasteiger partial charge is 0.335 e. The number of aliphatic hydroxyl groups excluding tert-OH is 2. The minimum absolute atomic E-state index is 0.320. The van der Waals surface area contributed by atoms with E-state index in [0.29, 0.717) is 5.56 Å². The van der Waals surface area contributed by atoms with E-state index in [2.05, 4.69) is 0 Å². The molecule has 0 radical (unpaired) electrons. The summed E-state index contributed by atoms with van der Waals surface area (Å²) >= 11 is 0. The number of rotatable bonds is 4. The molecule has 2 atom stereocenters. The molecular formula is C16H18O9. The van der Waals surface area contributed by atoms with Gasteiger partial charge in [-0.15, -0.1) is 0 Å². The minimum atomic E-state index is -2.29. The molecule has 0 amide bonds. The molecule has 1 aromatic carbocycles. The second-order valence-electron chi connectivity index (χ2n) is 5.86. The number of aliphatic carboxylic acids is 1. The Morgan fingerprint density at radius 3 is 2.24 bits per heavy atom. The highest BCUT2D eigenvalue weighted by atomic mass is 16.6. The Kier molecular flexibility index (Phi) is 5.31. The molecule has 136 valence electrons. The molecule has 25 heavy (non-hydrogen) atoms. The van der Waals surface area contributed by atoms with E-state index >= 15 is 0 Å². The number of phenols is 2. The van der Waals surface area contributed by atoms with Gasteiger partial charge in [0, 0.05) is 18.9 Å². The molecule has 1 fully saturated rings. The molecule has 9 heteroatoms. The lowest BCUT2D eigenvalue weighted by Crippen LogP contribution is -2.57. The molecule has 1 saturated carbocycles. The molecule has 1 aliphatic rings. The number of hydrogen-bond acceptors (Lipinski definition) is 8. The monoisotopic (exact) mass is 354 g/mol. The van der Waals surface area contributed by atoms with Gasteiger partial charge in [-0.3, -0.25) is 0 Å². The molecular weight excluding hydrogens is 336 g/mol. The van der Waals surface area contributed by atoms with Crippen LogP contribution < -0.4 is 0 Å². The Bertz CT molecular complexity index is 685. The van der Waals surface area contributed by atoms with E-state index < -0.39 is 48.7 Å². The zero-order chi connectivity index (χ0) is 18.8. The number of carboxylic acid groups (broad SMARTS) is 1. The van der Waals surface area contributed by atoms with Crippen LogP contribution in [0.4, 0.5) is 0 Å². The summed E-state index contributed by atoms with van der Waals surface area (Å²) < 4.78 is 4.92. The van der Waals surface area contributed by atoms with Crippen molar-refractivity contribution in [2.24, 2.45) is 0 Å². The van der Waals surface area contributed by atoms with E-state index in [4.69, 9.17) is 9.84 Å². The minimum Gasteiger partial charge on any atom is -0.504 e. The summed E-state index contributed by atoms with van der Waals surface area (Å²) in [7, 11) is 0. The topological polar surface area (TPSA) is 165 Å². The zero-order valence-corrected chi connectivity index (χ0v) is 12.9. The van der Waals surface area contributed by atoms with Crippen molar-refractivity contribution >= 4 is 18.0 Å². The fourth-order valence-electron chi connectivity index (χ4n) is 2.58. The van der Waals surface area contributed by atoms with Gasteiger partial charge >= 0.3 is 11.9 Å². The standard InChI is InChI=1S/C16H18O9/c17-9-3-1-8(5-10(9)18)2-4-13(21)25-14-11(19)6-16(24,15(22)23)7-12(14)20/h1-5,11-12,14,17-20,24H,6-7H2,(H,22,23)/b4-2+/t11-,12-,14-,16+/m1/s1. The molecule has 1 aliphatic carbocycles. The molecule has 0 bridgehead atoms. The third kappa shape index (κ3) is 4.27. The molecule has 0 heterocycles. The number of benzene rings is 1. The Morgan fingerprint density at radius 2 is 1.72 bits per heavy atom. The third-order valence-electron chi connectivity index (χ3n) is 3.91. The second kappa shape index (κ2) is 7.09.